The Kier molecular flexibility index (Phi) is 6.03. The average molecular weight is 196 g/mol. The van der Waals surface area contributed by atoms with Crippen molar-refractivity contribution >= 4 is 5.97 Å². The van der Waals surface area contributed by atoms with Crippen molar-refractivity contribution < 1.29 is 9.90 Å². The van der Waals surface area contributed by atoms with Gasteiger partial charge in [0.1, 0.15) is 0 Å². The first kappa shape index (κ1) is 13.0. The lowest BCUT2D eigenvalue weighted by atomic mass is 9.88. The molecule has 2 heteroatoms. The fourth-order valence-corrected chi connectivity index (χ4v) is 1.25. The molecule has 0 radical (unpaired) electrons. The minimum absolute atomic E-state index is 0.347. The zero-order valence-electron chi connectivity index (χ0n) is 9.29. The molecular formula is C12H20O2. The van der Waals surface area contributed by atoms with E-state index in [0.29, 0.717) is 24.7 Å². The van der Waals surface area contributed by atoms with Gasteiger partial charge in [0, 0.05) is 6.42 Å². The Morgan fingerprint density at radius 2 is 1.93 bits per heavy atom. The first-order valence-corrected chi connectivity index (χ1v) is 5.15. The Labute approximate surface area is 86.7 Å². The molecule has 0 aliphatic carbocycles. The summed E-state index contributed by atoms with van der Waals surface area (Å²) in [5.41, 5.74) is 0. The minimum Gasteiger partial charge on any atom is -0.481 e. The highest BCUT2D eigenvalue weighted by molar-refractivity contribution is 5.70. The molecule has 14 heavy (non-hydrogen) atoms. The normalized spacial score (nSPS) is 14.8. The molecule has 0 bridgehead atoms. The summed E-state index contributed by atoms with van der Waals surface area (Å²) in [4.78, 5) is 10.8. The molecule has 0 aliphatic heterocycles. The highest BCUT2D eigenvalue weighted by Crippen LogP contribution is 2.20. The number of carboxylic acids is 1. The van der Waals surface area contributed by atoms with E-state index in [1.807, 2.05) is 0 Å². The maximum atomic E-state index is 10.8. The van der Waals surface area contributed by atoms with Crippen molar-refractivity contribution in [2.45, 2.75) is 40.0 Å². The lowest BCUT2D eigenvalue weighted by Gasteiger charge is -2.17. The molecule has 0 saturated heterocycles. The maximum Gasteiger partial charge on any atom is 0.307 e. The molecule has 2 nitrogen and oxygen atoms in total. The standard InChI is InChI=1S/C12H20O2/c1-5-6-11(12(13)14)8-7-10(4)9(2)3/h1,9-11H,6-8H2,2-4H3,(H,13,14). The van der Waals surface area contributed by atoms with Crippen molar-refractivity contribution in [3.63, 3.8) is 0 Å². The molecule has 0 amide bonds. The van der Waals surface area contributed by atoms with Crippen molar-refractivity contribution in [1.82, 2.24) is 0 Å². The summed E-state index contributed by atoms with van der Waals surface area (Å²) in [7, 11) is 0. The van der Waals surface area contributed by atoms with Crippen molar-refractivity contribution in [1.29, 1.82) is 0 Å². The molecular weight excluding hydrogens is 176 g/mol. The number of hydrogen-bond donors (Lipinski definition) is 1. The smallest absolute Gasteiger partial charge is 0.307 e. The summed E-state index contributed by atoms with van der Waals surface area (Å²) in [6.45, 7) is 6.46. The zero-order chi connectivity index (χ0) is 11.1. The average Bonchev–Trinajstić information content (AvgIpc) is 2.10. The molecule has 0 aliphatic rings. The van der Waals surface area contributed by atoms with E-state index in [2.05, 4.69) is 26.7 Å². The van der Waals surface area contributed by atoms with E-state index in [4.69, 9.17) is 11.5 Å². The lowest BCUT2D eigenvalue weighted by molar-refractivity contribution is -0.141. The molecule has 0 saturated carbocycles. The van der Waals surface area contributed by atoms with E-state index in [-0.39, 0.29) is 5.92 Å². The summed E-state index contributed by atoms with van der Waals surface area (Å²) in [6, 6.07) is 0. The summed E-state index contributed by atoms with van der Waals surface area (Å²) in [6.07, 6.45) is 7.10. The highest BCUT2D eigenvalue weighted by atomic mass is 16.4. The van der Waals surface area contributed by atoms with Gasteiger partial charge in [-0.1, -0.05) is 20.8 Å². The van der Waals surface area contributed by atoms with Crippen LogP contribution in [0.2, 0.25) is 0 Å². The van der Waals surface area contributed by atoms with Crippen molar-refractivity contribution in [2.24, 2.45) is 17.8 Å². The molecule has 0 fully saturated rings. The van der Waals surface area contributed by atoms with Gasteiger partial charge >= 0.3 is 5.97 Å². The number of carbonyl (C=O) groups is 1. The van der Waals surface area contributed by atoms with E-state index in [0.717, 1.165) is 6.42 Å². The molecule has 2 unspecified atom stereocenters. The van der Waals surface area contributed by atoms with Gasteiger partial charge in [0.25, 0.3) is 0 Å². The monoisotopic (exact) mass is 196 g/mol. The third kappa shape index (κ3) is 4.91. The van der Waals surface area contributed by atoms with Crippen molar-refractivity contribution in [2.75, 3.05) is 0 Å². The van der Waals surface area contributed by atoms with E-state index in [1.165, 1.54) is 0 Å². The van der Waals surface area contributed by atoms with Crippen LogP contribution in [0.1, 0.15) is 40.0 Å². The van der Waals surface area contributed by atoms with E-state index < -0.39 is 5.97 Å². The SMILES string of the molecule is C#CCC(CCC(C)C(C)C)C(=O)O. The Morgan fingerprint density at radius 3 is 2.29 bits per heavy atom. The second kappa shape index (κ2) is 6.48. The number of carboxylic acid groups (broad SMARTS) is 1. The topological polar surface area (TPSA) is 37.3 Å². The molecule has 0 aromatic rings. The Bertz CT molecular complexity index is 213. The van der Waals surface area contributed by atoms with Gasteiger partial charge in [0.15, 0.2) is 0 Å². The number of aliphatic carboxylic acids is 1. The van der Waals surface area contributed by atoms with E-state index >= 15 is 0 Å². The maximum absolute atomic E-state index is 10.8. The first-order chi connectivity index (χ1) is 6.49. The molecule has 0 rings (SSSR count). The van der Waals surface area contributed by atoms with Crippen LogP contribution in [-0.2, 0) is 4.79 Å². The van der Waals surface area contributed by atoms with E-state index in [1.54, 1.807) is 0 Å². The quantitative estimate of drug-likeness (QED) is 0.663. The van der Waals surface area contributed by atoms with Gasteiger partial charge in [-0.2, -0.15) is 0 Å². The zero-order valence-corrected chi connectivity index (χ0v) is 9.29. The van der Waals surface area contributed by atoms with Crippen molar-refractivity contribution in [3.05, 3.63) is 0 Å². The lowest BCUT2D eigenvalue weighted by Crippen LogP contribution is -2.15. The fourth-order valence-electron chi connectivity index (χ4n) is 1.25. The van der Waals surface area contributed by atoms with Gasteiger partial charge in [-0.3, -0.25) is 4.79 Å². The van der Waals surface area contributed by atoms with Gasteiger partial charge in [-0.05, 0) is 24.7 Å². The first-order valence-electron chi connectivity index (χ1n) is 5.15. The summed E-state index contributed by atoms with van der Waals surface area (Å²) < 4.78 is 0. The summed E-state index contributed by atoms with van der Waals surface area (Å²) in [5.74, 6) is 2.47. The van der Waals surface area contributed by atoms with Gasteiger partial charge in [0.2, 0.25) is 0 Å². The Balaban J connectivity index is 3.95. The Hall–Kier alpha value is -0.970. The largest absolute Gasteiger partial charge is 0.481 e. The second-order valence-electron chi connectivity index (χ2n) is 4.24. The second-order valence-corrected chi connectivity index (χ2v) is 4.24. The number of rotatable bonds is 6. The molecule has 0 heterocycles. The van der Waals surface area contributed by atoms with Gasteiger partial charge in [-0.25, -0.2) is 0 Å². The fraction of sp³-hybridized carbons (Fsp3) is 0.750. The molecule has 80 valence electrons. The van der Waals surface area contributed by atoms with Gasteiger partial charge < -0.3 is 5.11 Å². The van der Waals surface area contributed by atoms with Crippen molar-refractivity contribution in [3.8, 4) is 12.3 Å². The van der Waals surface area contributed by atoms with Gasteiger partial charge in [-0.15, -0.1) is 12.3 Å². The van der Waals surface area contributed by atoms with Crippen LogP contribution >= 0.6 is 0 Å². The highest BCUT2D eigenvalue weighted by Gasteiger charge is 2.18. The molecule has 0 spiro atoms. The third-order valence-corrected chi connectivity index (χ3v) is 2.82. The predicted octanol–water partition coefficient (Wildman–Crippen LogP) is 2.78. The van der Waals surface area contributed by atoms with Crippen LogP contribution in [0.4, 0.5) is 0 Å². The number of terminal acetylenes is 1. The summed E-state index contributed by atoms with van der Waals surface area (Å²) >= 11 is 0. The third-order valence-electron chi connectivity index (χ3n) is 2.82. The summed E-state index contributed by atoms with van der Waals surface area (Å²) in [5, 5.41) is 8.86. The molecule has 2 atom stereocenters. The Morgan fingerprint density at radius 1 is 1.36 bits per heavy atom. The van der Waals surface area contributed by atoms with Crippen LogP contribution in [0.15, 0.2) is 0 Å². The van der Waals surface area contributed by atoms with Crippen LogP contribution in [0.3, 0.4) is 0 Å². The molecule has 0 aromatic carbocycles. The van der Waals surface area contributed by atoms with Gasteiger partial charge in [0.05, 0.1) is 5.92 Å². The van der Waals surface area contributed by atoms with Crippen LogP contribution in [0.25, 0.3) is 0 Å². The molecule has 0 aromatic heterocycles. The molecule has 1 N–H and O–H groups in total. The predicted molar refractivity (Wildman–Crippen MR) is 57.8 cm³/mol. The minimum atomic E-state index is -0.765. The van der Waals surface area contributed by atoms with Crippen LogP contribution in [0.5, 0.6) is 0 Å². The number of hydrogen-bond acceptors (Lipinski definition) is 1. The van der Waals surface area contributed by atoms with Crippen LogP contribution in [-0.4, -0.2) is 11.1 Å². The van der Waals surface area contributed by atoms with Crippen LogP contribution in [0, 0.1) is 30.1 Å². The van der Waals surface area contributed by atoms with E-state index in [9.17, 15) is 4.79 Å². The van der Waals surface area contributed by atoms with Crippen LogP contribution < -0.4 is 0 Å².